The number of ether oxygens (including phenoxy) is 1. The van der Waals surface area contributed by atoms with Crippen LogP contribution >= 0.6 is 11.3 Å². The highest BCUT2D eigenvalue weighted by Crippen LogP contribution is 2.40. The molecule has 0 bridgehead atoms. The molecule has 2 heterocycles. The predicted octanol–water partition coefficient (Wildman–Crippen LogP) is 3.04. The molecule has 3 rings (SSSR count). The lowest BCUT2D eigenvalue weighted by atomic mass is 9.96. The number of hydrogen-bond donors (Lipinski definition) is 2. The lowest BCUT2D eigenvalue weighted by molar-refractivity contribution is -0.123. The molecule has 0 unspecified atom stereocenters. The number of aryl methyl sites for hydroxylation is 1. The van der Waals surface area contributed by atoms with Gasteiger partial charge in [-0.3, -0.25) is 14.5 Å². The number of anilines is 1. The summed E-state index contributed by atoms with van der Waals surface area (Å²) in [5, 5.41) is 3.41. The number of amides is 2. The Morgan fingerprint density at radius 2 is 1.87 bits per heavy atom. The largest absolute Gasteiger partial charge is 0.462 e. The number of benzene rings is 1. The molecule has 0 saturated carbocycles. The fraction of sp³-hybridized carbons (Fsp3) is 0.409. The van der Waals surface area contributed by atoms with Crippen molar-refractivity contribution in [2.75, 3.05) is 31.6 Å². The van der Waals surface area contributed by atoms with E-state index in [2.05, 4.69) is 5.32 Å². The van der Waals surface area contributed by atoms with Gasteiger partial charge in [-0.2, -0.15) is 0 Å². The molecule has 2 aromatic rings. The Balaban J connectivity index is 1.78. The second-order valence-electron chi connectivity index (χ2n) is 7.32. The van der Waals surface area contributed by atoms with Crippen molar-refractivity contribution in [3.05, 3.63) is 40.8 Å². The Bertz CT molecular complexity index is 918. The minimum atomic E-state index is -0.446. The average molecular weight is 430 g/mol. The van der Waals surface area contributed by atoms with Gasteiger partial charge in [0.25, 0.3) is 0 Å². The predicted molar refractivity (Wildman–Crippen MR) is 117 cm³/mol. The lowest BCUT2D eigenvalue weighted by Crippen LogP contribution is -2.42. The molecular weight excluding hydrogens is 402 g/mol. The standard InChI is InChI=1S/C22H27N3O4S/c1-3-29-22(28)19-18(15-7-5-4-6-8-15)14(2)30-21(19)24-17(26)13-25-11-9-16(10-12-25)20(23)27/h4-8,16H,3,9-13H2,1-2H3,(H2,23,27)(H,24,26). The van der Waals surface area contributed by atoms with Crippen LogP contribution in [-0.4, -0.2) is 48.9 Å². The van der Waals surface area contributed by atoms with Crippen LogP contribution in [0.25, 0.3) is 11.1 Å². The maximum atomic E-state index is 12.7. The van der Waals surface area contributed by atoms with E-state index >= 15 is 0 Å². The van der Waals surface area contributed by atoms with Crippen molar-refractivity contribution in [1.29, 1.82) is 0 Å². The molecule has 3 N–H and O–H groups in total. The highest BCUT2D eigenvalue weighted by Gasteiger charge is 2.27. The van der Waals surface area contributed by atoms with E-state index in [0.29, 0.717) is 36.5 Å². The summed E-state index contributed by atoms with van der Waals surface area (Å²) >= 11 is 1.37. The number of thiophene rings is 1. The van der Waals surface area contributed by atoms with Crippen molar-refractivity contribution in [3.8, 4) is 11.1 Å². The Morgan fingerprint density at radius 3 is 2.47 bits per heavy atom. The van der Waals surface area contributed by atoms with Gasteiger partial charge in [-0.05, 0) is 45.3 Å². The van der Waals surface area contributed by atoms with E-state index in [1.54, 1.807) is 6.92 Å². The third kappa shape index (κ3) is 5.06. The molecule has 8 heteroatoms. The quantitative estimate of drug-likeness (QED) is 0.659. The van der Waals surface area contributed by atoms with E-state index in [4.69, 9.17) is 10.5 Å². The molecule has 0 spiro atoms. The lowest BCUT2D eigenvalue weighted by Gasteiger charge is -2.29. The summed E-state index contributed by atoms with van der Waals surface area (Å²) in [6.07, 6.45) is 1.32. The van der Waals surface area contributed by atoms with E-state index in [0.717, 1.165) is 16.0 Å². The van der Waals surface area contributed by atoms with Crippen molar-refractivity contribution in [1.82, 2.24) is 4.90 Å². The molecule has 2 amide bonds. The van der Waals surface area contributed by atoms with Gasteiger partial charge >= 0.3 is 5.97 Å². The summed E-state index contributed by atoms with van der Waals surface area (Å²) in [6, 6.07) is 9.61. The van der Waals surface area contributed by atoms with Crippen LogP contribution in [-0.2, 0) is 14.3 Å². The van der Waals surface area contributed by atoms with Crippen LogP contribution in [0.5, 0.6) is 0 Å². The Morgan fingerprint density at radius 1 is 1.20 bits per heavy atom. The number of carbonyl (C=O) groups is 3. The van der Waals surface area contributed by atoms with E-state index in [1.807, 2.05) is 42.2 Å². The second kappa shape index (κ2) is 9.86. The highest BCUT2D eigenvalue weighted by atomic mass is 32.1. The molecule has 0 aliphatic carbocycles. The zero-order chi connectivity index (χ0) is 21.7. The number of likely N-dealkylation sites (tertiary alicyclic amines) is 1. The summed E-state index contributed by atoms with van der Waals surface area (Å²) in [7, 11) is 0. The fourth-order valence-corrected chi connectivity index (χ4v) is 4.81. The van der Waals surface area contributed by atoms with Crippen molar-refractivity contribution in [2.45, 2.75) is 26.7 Å². The zero-order valence-corrected chi connectivity index (χ0v) is 18.1. The normalized spacial score (nSPS) is 15.0. The molecule has 160 valence electrons. The summed E-state index contributed by atoms with van der Waals surface area (Å²) in [5.74, 6) is -1.04. The number of nitrogens with two attached hydrogens (primary N) is 1. The van der Waals surface area contributed by atoms with Gasteiger partial charge in [0.1, 0.15) is 10.6 Å². The monoisotopic (exact) mass is 429 g/mol. The molecule has 30 heavy (non-hydrogen) atoms. The third-order valence-electron chi connectivity index (χ3n) is 5.24. The maximum Gasteiger partial charge on any atom is 0.341 e. The van der Waals surface area contributed by atoms with Crippen LogP contribution in [0, 0.1) is 12.8 Å². The van der Waals surface area contributed by atoms with Crippen molar-refractivity contribution in [2.24, 2.45) is 11.7 Å². The minimum absolute atomic E-state index is 0.117. The molecule has 1 fully saturated rings. The first kappa shape index (κ1) is 22.0. The van der Waals surface area contributed by atoms with Crippen LogP contribution in [0.2, 0.25) is 0 Å². The van der Waals surface area contributed by atoms with Gasteiger partial charge in [-0.1, -0.05) is 30.3 Å². The van der Waals surface area contributed by atoms with Gasteiger partial charge in [0.05, 0.1) is 13.2 Å². The molecule has 1 aromatic carbocycles. The SMILES string of the molecule is CCOC(=O)c1c(NC(=O)CN2CCC(C(N)=O)CC2)sc(C)c1-c1ccccc1. The first-order chi connectivity index (χ1) is 14.4. The Hall–Kier alpha value is -2.71. The van der Waals surface area contributed by atoms with Crippen molar-refractivity contribution >= 4 is 34.1 Å². The van der Waals surface area contributed by atoms with Gasteiger partial charge in [0.2, 0.25) is 11.8 Å². The van der Waals surface area contributed by atoms with Crippen LogP contribution in [0.15, 0.2) is 30.3 Å². The second-order valence-corrected chi connectivity index (χ2v) is 8.55. The molecular formula is C22H27N3O4S. The van der Waals surface area contributed by atoms with Crippen LogP contribution in [0.3, 0.4) is 0 Å². The summed E-state index contributed by atoms with van der Waals surface area (Å²) in [6.45, 7) is 5.43. The average Bonchev–Trinajstić information content (AvgIpc) is 3.04. The van der Waals surface area contributed by atoms with Gasteiger partial charge in [-0.15, -0.1) is 11.3 Å². The molecule has 1 saturated heterocycles. The van der Waals surface area contributed by atoms with Gasteiger partial charge < -0.3 is 15.8 Å². The Kier molecular flexibility index (Phi) is 7.23. The Labute approximate surface area is 180 Å². The topological polar surface area (TPSA) is 102 Å². The first-order valence-electron chi connectivity index (χ1n) is 10.1. The number of primary amides is 1. The van der Waals surface area contributed by atoms with Gasteiger partial charge in [0.15, 0.2) is 0 Å². The van der Waals surface area contributed by atoms with E-state index in [1.165, 1.54) is 11.3 Å². The fourth-order valence-electron chi connectivity index (χ4n) is 3.73. The number of nitrogens with one attached hydrogen (secondary N) is 1. The van der Waals surface area contributed by atoms with E-state index in [9.17, 15) is 14.4 Å². The van der Waals surface area contributed by atoms with E-state index in [-0.39, 0.29) is 30.9 Å². The summed E-state index contributed by atoms with van der Waals surface area (Å²) in [5.41, 5.74) is 7.46. The maximum absolute atomic E-state index is 12.7. The number of esters is 1. The molecule has 7 nitrogen and oxygen atoms in total. The molecule has 1 aromatic heterocycles. The van der Waals surface area contributed by atoms with Gasteiger partial charge in [0, 0.05) is 16.4 Å². The van der Waals surface area contributed by atoms with Crippen LogP contribution in [0.1, 0.15) is 35.0 Å². The number of rotatable bonds is 7. The summed E-state index contributed by atoms with van der Waals surface area (Å²) in [4.78, 5) is 39.7. The number of hydrogen-bond acceptors (Lipinski definition) is 6. The number of piperidine rings is 1. The molecule has 0 atom stereocenters. The van der Waals surface area contributed by atoms with Crippen molar-refractivity contribution < 1.29 is 19.1 Å². The highest BCUT2D eigenvalue weighted by molar-refractivity contribution is 7.17. The smallest absolute Gasteiger partial charge is 0.341 e. The molecule has 0 radical (unpaired) electrons. The van der Waals surface area contributed by atoms with Crippen molar-refractivity contribution in [3.63, 3.8) is 0 Å². The first-order valence-corrected chi connectivity index (χ1v) is 10.9. The summed E-state index contributed by atoms with van der Waals surface area (Å²) < 4.78 is 5.27. The zero-order valence-electron chi connectivity index (χ0n) is 17.3. The van der Waals surface area contributed by atoms with E-state index < -0.39 is 5.97 Å². The molecule has 1 aliphatic heterocycles. The van der Waals surface area contributed by atoms with Gasteiger partial charge in [-0.25, -0.2) is 4.79 Å². The third-order valence-corrected chi connectivity index (χ3v) is 6.26. The molecule has 1 aliphatic rings. The van der Waals surface area contributed by atoms with Crippen LogP contribution < -0.4 is 11.1 Å². The van der Waals surface area contributed by atoms with Crippen LogP contribution in [0.4, 0.5) is 5.00 Å². The number of nitrogens with zero attached hydrogens (tertiary/aromatic N) is 1. The number of carbonyl (C=O) groups excluding carboxylic acids is 3. The minimum Gasteiger partial charge on any atom is -0.462 e.